The van der Waals surface area contributed by atoms with E-state index in [4.69, 9.17) is 17.0 Å². The molecule has 190 valence electrons. The van der Waals surface area contributed by atoms with Gasteiger partial charge in [0.2, 0.25) is 0 Å². The van der Waals surface area contributed by atoms with Gasteiger partial charge in [-0.3, -0.25) is 0 Å². The minimum atomic E-state index is -2.20. The summed E-state index contributed by atoms with van der Waals surface area (Å²) < 4.78 is 18.9. The topological polar surface area (TPSA) is 43.4 Å². The van der Waals surface area contributed by atoms with Crippen LogP contribution in [-0.2, 0) is 14.5 Å². The Bertz CT molecular complexity index is 1020. The molecule has 4 rings (SSSR count). The Hall–Kier alpha value is -1.51. The molecule has 2 aliphatic rings. The number of aryl methyl sites for hydroxylation is 1. The van der Waals surface area contributed by atoms with Gasteiger partial charge in [0, 0.05) is 0 Å². The molecule has 2 aliphatic carbocycles. The van der Waals surface area contributed by atoms with Gasteiger partial charge >= 0.3 is 5.97 Å². The second-order valence-electron chi connectivity index (χ2n) is 10.9. The molecular formula is C30H41O3PS. The lowest BCUT2D eigenvalue weighted by Gasteiger charge is -2.40. The van der Waals surface area contributed by atoms with Crippen LogP contribution in [0.25, 0.3) is 11.1 Å². The largest absolute Gasteiger partial charge is 0.465 e. The molecule has 0 aromatic heterocycles. The highest BCUT2D eigenvalue weighted by Crippen LogP contribution is 2.60. The normalized spacial score (nSPS) is 18.8. The fraction of sp³-hybridized carbons (Fsp3) is 0.567. The predicted molar refractivity (Wildman–Crippen MR) is 150 cm³/mol. The van der Waals surface area contributed by atoms with Gasteiger partial charge in [-0.25, -0.2) is 4.79 Å². The third-order valence-electron chi connectivity index (χ3n) is 8.55. The Kier molecular flexibility index (Phi) is 9.22. The van der Waals surface area contributed by atoms with Crippen LogP contribution in [0.4, 0.5) is 0 Å². The number of hydrogen-bond donors (Lipinski definition) is 1. The van der Waals surface area contributed by atoms with Crippen LogP contribution in [0.2, 0.25) is 0 Å². The van der Waals surface area contributed by atoms with Crippen LogP contribution < -0.4 is 0 Å². The van der Waals surface area contributed by atoms with Gasteiger partial charge in [0.05, 0.1) is 17.8 Å². The average molecular weight is 513 g/mol. The number of hydrogen-bond acceptors (Lipinski definition) is 3. The molecule has 1 unspecified atom stereocenters. The Morgan fingerprint density at radius 3 is 2.00 bits per heavy atom. The number of carbonyl (C=O) groups is 1. The maximum Gasteiger partial charge on any atom is 0.338 e. The summed E-state index contributed by atoms with van der Waals surface area (Å²) in [5, 5.41) is -0.441. The number of thiol groups is 1. The van der Waals surface area contributed by atoms with E-state index in [1.54, 1.807) is 0 Å². The van der Waals surface area contributed by atoms with Crippen molar-refractivity contribution in [2.45, 2.75) is 89.1 Å². The molecule has 2 saturated carbocycles. The van der Waals surface area contributed by atoms with Gasteiger partial charge < -0.3 is 9.30 Å². The molecule has 0 saturated heterocycles. The molecule has 1 atom stereocenters. The maximum atomic E-state index is 13.8. The first kappa shape index (κ1) is 26.6. The number of esters is 1. The molecule has 35 heavy (non-hydrogen) atoms. The Morgan fingerprint density at radius 2 is 1.49 bits per heavy atom. The standard InChI is InChI=1S/C30H41O3PS/c1-22-11-9-10-16-26(22)28-19-25(17-18-27(28)29(31)33-2)30(34(32)35,20-23-12-5-3-6-13-23)21-24-14-7-4-8-15-24/h9-11,16-19,23-24,34H,3-8,12-15,20-21H2,1-2H3,(H,32,35). The minimum Gasteiger partial charge on any atom is -0.465 e. The maximum absolute atomic E-state index is 13.8. The van der Waals surface area contributed by atoms with E-state index in [1.165, 1.54) is 71.3 Å². The first-order chi connectivity index (χ1) is 16.9. The lowest BCUT2D eigenvalue weighted by atomic mass is 9.73. The van der Waals surface area contributed by atoms with E-state index in [1.807, 2.05) is 18.2 Å². The molecule has 2 fully saturated rings. The van der Waals surface area contributed by atoms with Crippen LogP contribution in [0, 0.1) is 18.8 Å². The van der Waals surface area contributed by atoms with E-state index < -0.39 is 12.2 Å². The van der Waals surface area contributed by atoms with E-state index in [2.05, 4.69) is 31.2 Å². The summed E-state index contributed by atoms with van der Waals surface area (Å²) in [6.45, 7) is 2.07. The van der Waals surface area contributed by atoms with Crippen LogP contribution in [0.1, 0.15) is 98.5 Å². The zero-order chi connectivity index (χ0) is 24.8. The number of rotatable bonds is 8. The lowest BCUT2D eigenvalue weighted by molar-refractivity contribution is 0.0601. The number of benzene rings is 2. The molecule has 0 spiro atoms. The van der Waals surface area contributed by atoms with Crippen LogP contribution in [0.5, 0.6) is 0 Å². The molecule has 5 heteroatoms. The SMILES string of the molecule is COC(=O)c1ccc(C(CC2CCCCC2)(CC2CCCCC2)[PH](=O)S)cc1-c1ccccc1C. The van der Waals surface area contributed by atoms with E-state index in [0.717, 1.165) is 35.1 Å². The van der Waals surface area contributed by atoms with Gasteiger partial charge in [-0.15, -0.1) is 12.2 Å². The molecule has 0 amide bonds. The highest BCUT2D eigenvalue weighted by Gasteiger charge is 2.42. The molecule has 2 aromatic rings. The second-order valence-corrected chi connectivity index (χ2v) is 13.7. The van der Waals surface area contributed by atoms with Crippen LogP contribution in [-0.4, -0.2) is 13.1 Å². The summed E-state index contributed by atoms with van der Waals surface area (Å²) in [6, 6.07) is 14.3. The minimum absolute atomic E-state index is 0.335. The lowest BCUT2D eigenvalue weighted by Crippen LogP contribution is -2.29. The van der Waals surface area contributed by atoms with Gasteiger partial charge in [-0.1, -0.05) is 94.5 Å². The molecule has 0 bridgehead atoms. The summed E-state index contributed by atoms with van der Waals surface area (Å²) in [5.41, 5.74) is 4.67. The zero-order valence-electron chi connectivity index (χ0n) is 21.4. The molecule has 0 heterocycles. The Balaban J connectivity index is 1.84. The predicted octanol–water partition coefficient (Wildman–Crippen LogP) is 8.99. The van der Waals surface area contributed by atoms with E-state index >= 15 is 0 Å². The molecular weight excluding hydrogens is 471 g/mol. The monoisotopic (exact) mass is 512 g/mol. The van der Waals surface area contributed by atoms with Crippen molar-refractivity contribution in [2.75, 3.05) is 7.11 Å². The second kappa shape index (κ2) is 12.2. The summed E-state index contributed by atoms with van der Waals surface area (Å²) in [7, 11) is -0.768. The first-order valence-corrected chi connectivity index (χ1v) is 16.2. The third kappa shape index (κ3) is 6.08. The molecule has 0 radical (unpaired) electrons. The van der Waals surface area contributed by atoms with Gasteiger partial charge in [0.15, 0.2) is 0 Å². The van der Waals surface area contributed by atoms with Gasteiger partial charge in [0.25, 0.3) is 0 Å². The zero-order valence-corrected chi connectivity index (χ0v) is 23.2. The number of methoxy groups -OCH3 is 1. The van der Waals surface area contributed by atoms with Crippen LogP contribution in [0.3, 0.4) is 0 Å². The fourth-order valence-corrected chi connectivity index (χ4v) is 8.88. The van der Waals surface area contributed by atoms with Crippen molar-refractivity contribution in [1.82, 2.24) is 0 Å². The van der Waals surface area contributed by atoms with Crippen molar-refractivity contribution >= 4 is 25.2 Å². The molecule has 0 N–H and O–H groups in total. The Labute approximate surface area is 217 Å². The van der Waals surface area contributed by atoms with Gasteiger partial charge in [-0.05, 0) is 66.0 Å². The highest BCUT2D eigenvalue weighted by molar-refractivity contribution is 8.40. The van der Waals surface area contributed by atoms with Crippen molar-refractivity contribution < 1.29 is 14.1 Å². The van der Waals surface area contributed by atoms with Crippen LogP contribution >= 0.6 is 19.3 Å². The van der Waals surface area contributed by atoms with Crippen LogP contribution in [0.15, 0.2) is 42.5 Å². The third-order valence-corrected chi connectivity index (χ3v) is 11.3. The molecule has 3 nitrogen and oxygen atoms in total. The van der Waals surface area contributed by atoms with E-state index in [9.17, 15) is 9.36 Å². The summed E-state index contributed by atoms with van der Waals surface area (Å²) in [6.07, 6.45) is 14.5. The van der Waals surface area contributed by atoms with Crippen molar-refractivity contribution in [3.05, 3.63) is 59.2 Å². The van der Waals surface area contributed by atoms with Gasteiger partial charge in [-0.2, -0.15) is 0 Å². The van der Waals surface area contributed by atoms with Crippen molar-refractivity contribution in [3.8, 4) is 11.1 Å². The van der Waals surface area contributed by atoms with Crippen molar-refractivity contribution in [3.63, 3.8) is 0 Å². The molecule has 0 aliphatic heterocycles. The Morgan fingerprint density at radius 1 is 0.914 bits per heavy atom. The quantitative estimate of drug-likeness (QED) is 0.218. The van der Waals surface area contributed by atoms with Crippen molar-refractivity contribution in [2.24, 2.45) is 11.8 Å². The first-order valence-electron chi connectivity index (χ1n) is 13.5. The summed E-state index contributed by atoms with van der Waals surface area (Å²) in [5.74, 6) is 0.852. The average Bonchev–Trinajstić information content (AvgIpc) is 2.89. The van der Waals surface area contributed by atoms with Gasteiger partial charge in [0.1, 0.15) is 7.00 Å². The van der Waals surface area contributed by atoms with E-state index in [-0.39, 0.29) is 5.97 Å². The number of carbonyl (C=O) groups excluding carboxylic acids is 1. The molecule has 2 aromatic carbocycles. The smallest absolute Gasteiger partial charge is 0.338 e. The summed E-state index contributed by atoms with van der Waals surface area (Å²) in [4.78, 5) is 12.8. The fourth-order valence-electron chi connectivity index (χ4n) is 6.61. The summed E-state index contributed by atoms with van der Waals surface area (Å²) >= 11 is 4.77. The highest BCUT2D eigenvalue weighted by atomic mass is 32.7. The van der Waals surface area contributed by atoms with Crippen molar-refractivity contribution in [1.29, 1.82) is 0 Å². The van der Waals surface area contributed by atoms with E-state index in [0.29, 0.717) is 17.4 Å². The number of ether oxygens (including phenoxy) is 1.